The third-order valence-corrected chi connectivity index (χ3v) is 9.61. The average Bonchev–Trinajstić information content (AvgIpc) is 3.05. The minimum absolute atomic E-state index is 0.0661. The zero-order valence-electron chi connectivity index (χ0n) is 20.3. The van der Waals surface area contributed by atoms with Crippen LogP contribution in [0, 0.1) is 29.0 Å². The second-order valence-electron chi connectivity index (χ2n) is 11.0. The molecule has 2 N–H and O–H groups in total. The van der Waals surface area contributed by atoms with Gasteiger partial charge in [0.2, 0.25) is 0 Å². The number of Topliss-reactive ketones (excluding diaryl/α,β-unsaturated/α-hetero) is 1. The fourth-order valence-electron chi connectivity index (χ4n) is 7.44. The van der Waals surface area contributed by atoms with E-state index in [2.05, 4.69) is 32.3 Å². The van der Waals surface area contributed by atoms with Crippen molar-refractivity contribution in [2.24, 2.45) is 23.2 Å². The molecule has 1 heterocycles. The van der Waals surface area contributed by atoms with Gasteiger partial charge in [0.1, 0.15) is 17.3 Å². The van der Waals surface area contributed by atoms with Crippen molar-refractivity contribution in [2.75, 3.05) is 12.4 Å². The molecule has 0 radical (unpaired) electrons. The molecule has 5 nitrogen and oxygen atoms in total. The summed E-state index contributed by atoms with van der Waals surface area (Å²) in [6.07, 6.45) is 7.70. The number of rotatable bonds is 7. The van der Waals surface area contributed by atoms with Gasteiger partial charge in [-0.25, -0.2) is 4.39 Å². The Hall–Kier alpha value is -2.67. The fourth-order valence-corrected chi connectivity index (χ4v) is 7.99. The van der Waals surface area contributed by atoms with Gasteiger partial charge in [0.05, 0.1) is 11.6 Å². The molecular formula is C29H30BrFN2O3. The Balaban J connectivity index is 1.11. The first-order chi connectivity index (χ1) is 17.4. The fraction of sp³-hybridized carbons (Fsp3) is 0.448. The van der Waals surface area contributed by atoms with Gasteiger partial charge in [-0.05, 0) is 113 Å². The van der Waals surface area contributed by atoms with Crippen LogP contribution in [0.3, 0.4) is 0 Å². The van der Waals surface area contributed by atoms with Crippen LogP contribution in [0.4, 0.5) is 10.1 Å². The third kappa shape index (κ3) is 3.96. The molecule has 3 saturated carbocycles. The monoisotopic (exact) mass is 552 g/mol. The normalized spacial score (nSPS) is 28.4. The van der Waals surface area contributed by atoms with Crippen molar-refractivity contribution >= 4 is 38.2 Å². The smallest absolute Gasteiger partial charge is 0.255 e. The summed E-state index contributed by atoms with van der Waals surface area (Å²) in [6.45, 7) is 0. The zero-order valence-corrected chi connectivity index (χ0v) is 21.9. The average molecular weight is 553 g/mol. The van der Waals surface area contributed by atoms with E-state index in [1.165, 1.54) is 13.2 Å². The summed E-state index contributed by atoms with van der Waals surface area (Å²) in [6, 6.07) is 11.4. The number of fused-ring (bicyclic) bond motifs is 2. The van der Waals surface area contributed by atoms with Crippen LogP contribution in [-0.2, 0) is 11.2 Å². The van der Waals surface area contributed by atoms with E-state index in [0.717, 1.165) is 43.2 Å². The van der Waals surface area contributed by atoms with Crippen LogP contribution in [-0.4, -0.2) is 23.9 Å². The van der Waals surface area contributed by atoms with Crippen LogP contribution in [0.5, 0.6) is 5.75 Å². The van der Waals surface area contributed by atoms with Crippen LogP contribution in [0.1, 0.15) is 44.1 Å². The van der Waals surface area contributed by atoms with E-state index in [9.17, 15) is 14.0 Å². The number of aromatic amines is 1. The van der Waals surface area contributed by atoms with Crippen molar-refractivity contribution in [1.82, 2.24) is 4.98 Å². The molecule has 7 heteroatoms. The molecule has 36 heavy (non-hydrogen) atoms. The van der Waals surface area contributed by atoms with Gasteiger partial charge in [-0.15, -0.1) is 0 Å². The highest BCUT2D eigenvalue weighted by Gasteiger charge is 2.63. The van der Waals surface area contributed by atoms with E-state index >= 15 is 0 Å². The predicted octanol–water partition coefficient (Wildman–Crippen LogP) is 6.25. The number of aryl methyl sites for hydroxylation is 1. The quantitative estimate of drug-likeness (QED) is 0.363. The number of pyridine rings is 1. The van der Waals surface area contributed by atoms with E-state index < -0.39 is 0 Å². The molecule has 0 saturated heterocycles. The lowest BCUT2D eigenvalue weighted by atomic mass is 9.51. The molecule has 3 aromatic rings. The summed E-state index contributed by atoms with van der Waals surface area (Å²) in [5.74, 6) is 2.03. The number of carbonyl (C=O) groups excluding carboxylic acids is 1. The maximum atomic E-state index is 14.5. The first-order valence-corrected chi connectivity index (χ1v) is 13.6. The Kier molecular flexibility index (Phi) is 5.94. The van der Waals surface area contributed by atoms with E-state index in [1.54, 1.807) is 12.3 Å². The second-order valence-corrected chi connectivity index (χ2v) is 11.8. The van der Waals surface area contributed by atoms with Gasteiger partial charge in [0.15, 0.2) is 0 Å². The third-order valence-electron chi connectivity index (χ3n) is 8.99. The Morgan fingerprint density at radius 1 is 1.19 bits per heavy atom. The molecule has 5 atom stereocenters. The lowest BCUT2D eigenvalue weighted by Gasteiger charge is -2.52. The number of benzene rings is 2. The Labute approximate surface area is 218 Å². The SMILES string of the molecule is COc1cc(F)c(CCC(=O)C23C[C@@H]4CC2[C@@H](C[C@@H](Nc2ccc5c(=O)[nH]ccc5c2)C4)C3)cc1Br. The molecule has 3 aliphatic carbocycles. The van der Waals surface area contributed by atoms with Gasteiger partial charge in [0, 0.05) is 41.2 Å². The Morgan fingerprint density at radius 3 is 2.89 bits per heavy atom. The lowest BCUT2D eigenvalue weighted by molar-refractivity contribution is -0.144. The zero-order chi connectivity index (χ0) is 25.0. The number of nitrogens with one attached hydrogen (secondary N) is 2. The van der Waals surface area contributed by atoms with Gasteiger partial charge >= 0.3 is 0 Å². The number of carbonyl (C=O) groups is 1. The Morgan fingerprint density at radius 2 is 2.06 bits per heavy atom. The van der Waals surface area contributed by atoms with Gasteiger partial charge in [0.25, 0.3) is 5.56 Å². The number of aromatic nitrogens is 1. The molecule has 2 unspecified atom stereocenters. The number of hydrogen-bond donors (Lipinski definition) is 2. The molecular weight excluding hydrogens is 523 g/mol. The molecule has 188 valence electrons. The van der Waals surface area contributed by atoms with Gasteiger partial charge in [-0.1, -0.05) is 0 Å². The van der Waals surface area contributed by atoms with Crippen molar-refractivity contribution in [3.05, 3.63) is 68.8 Å². The van der Waals surface area contributed by atoms with Crippen molar-refractivity contribution in [1.29, 1.82) is 0 Å². The molecule has 2 aromatic carbocycles. The maximum Gasteiger partial charge on any atom is 0.255 e. The van der Waals surface area contributed by atoms with Crippen LogP contribution in [0.25, 0.3) is 10.8 Å². The first kappa shape index (κ1) is 23.7. The minimum Gasteiger partial charge on any atom is -0.495 e. The van der Waals surface area contributed by atoms with E-state index in [0.29, 0.717) is 63.6 Å². The topological polar surface area (TPSA) is 71.2 Å². The molecule has 1 aromatic heterocycles. The summed E-state index contributed by atoms with van der Waals surface area (Å²) in [5.41, 5.74) is 1.35. The summed E-state index contributed by atoms with van der Waals surface area (Å²) in [7, 11) is 1.51. The summed E-state index contributed by atoms with van der Waals surface area (Å²) in [4.78, 5) is 28.2. The largest absolute Gasteiger partial charge is 0.495 e. The predicted molar refractivity (Wildman–Crippen MR) is 142 cm³/mol. The number of halogens is 2. The number of H-pyrrole nitrogens is 1. The number of anilines is 1. The van der Waals surface area contributed by atoms with Gasteiger partial charge in [-0.2, -0.15) is 0 Å². The highest BCUT2D eigenvalue weighted by Crippen LogP contribution is 2.67. The van der Waals surface area contributed by atoms with Crippen LogP contribution < -0.4 is 15.6 Å². The van der Waals surface area contributed by atoms with Crippen LogP contribution >= 0.6 is 15.9 Å². The van der Waals surface area contributed by atoms with Crippen molar-refractivity contribution in [3.8, 4) is 5.75 Å². The highest BCUT2D eigenvalue weighted by molar-refractivity contribution is 9.10. The standard InChI is InChI=1S/C29H30BrFN2O3/c1-36-26-13-25(31)18(12-24(26)30)2-5-27(34)29-14-16-8-21(11-19(15-29)23(29)9-16)33-20-3-4-22-17(10-20)6-7-32-28(22)35/h3-4,6-7,10,12-13,16,19,21,23,33H,2,5,8-9,11,14-15H2,1H3,(H,32,35)/t16-,19-,21-,23?,29?/m0/s1. The van der Waals surface area contributed by atoms with Crippen molar-refractivity contribution in [3.63, 3.8) is 0 Å². The lowest BCUT2D eigenvalue weighted by Crippen LogP contribution is -2.51. The molecule has 0 aliphatic heterocycles. The molecule has 3 aliphatic rings. The van der Waals surface area contributed by atoms with Gasteiger partial charge in [-0.3, -0.25) is 9.59 Å². The van der Waals surface area contributed by atoms with Crippen LogP contribution in [0.2, 0.25) is 0 Å². The highest BCUT2D eigenvalue weighted by atomic mass is 79.9. The summed E-state index contributed by atoms with van der Waals surface area (Å²) >= 11 is 3.43. The number of hydrogen-bond acceptors (Lipinski definition) is 4. The number of ketones is 1. The maximum absolute atomic E-state index is 14.5. The van der Waals surface area contributed by atoms with E-state index in [4.69, 9.17) is 4.74 Å². The molecule has 0 amide bonds. The number of methoxy groups -OCH3 is 1. The van der Waals surface area contributed by atoms with E-state index in [1.807, 2.05) is 18.2 Å². The summed E-state index contributed by atoms with van der Waals surface area (Å²) < 4.78 is 20.4. The second kappa shape index (κ2) is 9.02. The molecule has 3 fully saturated rings. The first-order valence-electron chi connectivity index (χ1n) is 12.8. The van der Waals surface area contributed by atoms with Crippen LogP contribution in [0.15, 0.2) is 51.9 Å². The molecule has 2 bridgehead atoms. The van der Waals surface area contributed by atoms with Crippen molar-refractivity contribution in [2.45, 2.75) is 51.0 Å². The number of ether oxygens (including phenoxy) is 1. The molecule has 6 rings (SSSR count). The minimum atomic E-state index is -0.319. The Bertz CT molecular complexity index is 1400. The van der Waals surface area contributed by atoms with E-state index in [-0.39, 0.29) is 16.8 Å². The van der Waals surface area contributed by atoms with Gasteiger partial charge < -0.3 is 15.0 Å². The molecule has 0 spiro atoms. The summed E-state index contributed by atoms with van der Waals surface area (Å²) in [5, 5.41) is 5.37. The van der Waals surface area contributed by atoms with Crippen molar-refractivity contribution < 1.29 is 13.9 Å².